The van der Waals surface area contributed by atoms with Crippen molar-refractivity contribution < 1.29 is 14.0 Å². The first kappa shape index (κ1) is 16.2. The van der Waals surface area contributed by atoms with Crippen LogP contribution < -0.4 is 5.32 Å². The number of unbranched alkanes of at least 4 members (excludes halogenated alkanes) is 1. The Labute approximate surface area is 140 Å². The van der Waals surface area contributed by atoms with Gasteiger partial charge in [-0.3, -0.25) is 9.69 Å². The Hall–Kier alpha value is -2.63. The van der Waals surface area contributed by atoms with E-state index in [2.05, 4.69) is 17.2 Å². The maximum Gasteiger partial charge on any atom is 0.325 e. The van der Waals surface area contributed by atoms with Gasteiger partial charge in [-0.2, -0.15) is 0 Å². The molecule has 1 aromatic heterocycles. The first-order chi connectivity index (χ1) is 11.5. The predicted molar refractivity (Wildman–Crippen MR) is 89.0 cm³/mol. The fourth-order valence-corrected chi connectivity index (χ4v) is 2.84. The lowest BCUT2D eigenvalue weighted by molar-refractivity contribution is -0.131. The molecule has 126 valence electrons. The quantitative estimate of drug-likeness (QED) is 0.826. The first-order valence-electron chi connectivity index (χ1n) is 8.18. The van der Waals surface area contributed by atoms with Gasteiger partial charge in [-0.25, -0.2) is 9.78 Å². The lowest BCUT2D eigenvalue weighted by atomic mass is 9.95. The average molecular weight is 327 g/mol. The number of urea groups is 1. The van der Waals surface area contributed by atoms with Crippen molar-refractivity contribution in [1.82, 2.24) is 15.2 Å². The van der Waals surface area contributed by atoms with Gasteiger partial charge in [-0.1, -0.05) is 50.1 Å². The number of aromatic nitrogens is 1. The molecule has 1 atom stereocenters. The molecule has 0 radical (unpaired) electrons. The zero-order valence-electron chi connectivity index (χ0n) is 13.9. The number of rotatable bonds is 6. The van der Waals surface area contributed by atoms with Gasteiger partial charge in [0.15, 0.2) is 5.76 Å². The summed E-state index contributed by atoms with van der Waals surface area (Å²) in [5.41, 5.74) is 0.0725. The smallest absolute Gasteiger partial charge is 0.325 e. The van der Waals surface area contributed by atoms with Gasteiger partial charge in [-0.15, -0.1) is 0 Å². The van der Waals surface area contributed by atoms with Gasteiger partial charge < -0.3 is 9.73 Å². The molecule has 0 aliphatic carbocycles. The normalized spacial score (nSPS) is 20.5. The van der Waals surface area contributed by atoms with Crippen LogP contribution in [0, 0.1) is 0 Å². The van der Waals surface area contributed by atoms with E-state index in [9.17, 15) is 9.59 Å². The maximum atomic E-state index is 12.6. The summed E-state index contributed by atoms with van der Waals surface area (Å²) in [5.74, 6) is 0.740. The number of amides is 3. The Bertz CT molecular complexity index is 741. The molecule has 0 bridgehead atoms. The Morgan fingerprint density at radius 2 is 2.00 bits per heavy atom. The van der Waals surface area contributed by atoms with Crippen LogP contribution >= 0.6 is 0 Å². The molecule has 2 heterocycles. The second-order valence-electron chi connectivity index (χ2n) is 6.24. The van der Waals surface area contributed by atoms with E-state index in [0.717, 1.165) is 18.4 Å². The summed E-state index contributed by atoms with van der Waals surface area (Å²) in [6.07, 6.45) is 4.09. The highest BCUT2D eigenvalue weighted by Crippen LogP contribution is 2.26. The van der Waals surface area contributed by atoms with Gasteiger partial charge in [0, 0.05) is 5.56 Å². The predicted octanol–water partition coefficient (Wildman–Crippen LogP) is 3.34. The third-order valence-corrected chi connectivity index (χ3v) is 4.28. The van der Waals surface area contributed by atoms with Gasteiger partial charge in [0.25, 0.3) is 5.91 Å². The molecule has 2 aromatic rings. The number of nitrogens with one attached hydrogen (secondary N) is 1. The highest BCUT2D eigenvalue weighted by molar-refractivity contribution is 6.06. The van der Waals surface area contributed by atoms with E-state index in [4.69, 9.17) is 4.42 Å². The molecule has 0 unspecified atom stereocenters. The maximum absolute atomic E-state index is 12.6. The number of imide groups is 1. The molecule has 6 heteroatoms. The minimum absolute atomic E-state index is 0.0409. The summed E-state index contributed by atoms with van der Waals surface area (Å²) in [7, 11) is 0. The van der Waals surface area contributed by atoms with E-state index in [1.54, 1.807) is 13.1 Å². The zero-order valence-corrected chi connectivity index (χ0v) is 13.9. The van der Waals surface area contributed by atoms with Crippen molar-refractivity contribution in [3.05, 3.63) is 42.4 Å². The molecule has 24 heavy (non-hydrogen) atoms. The number of hydrogen-bond acceptors (Lipinski definition) is 4. The van der Waals surface area contributed by atoms with Crippen molar-refractivity contribution in [3.63, 3.8) is 0 Å². The van der Waals surface area contributed by atoms with Crippen LogP contribution in [0.1, 0.15) is 39.0 Å². The summed E-state index contributed by atoms with van der Waals surface area (Å²) in [6, 6.07) is 9.19. The van der Waals surface area contributed by atoms with E-state index in [-0.39, 0.29) is 12.5 Å². The molecular weight excluding hydrogens is 306 g/mol. The van der Waals surface area contributed by atoms with Crippen LogP contribution in [0.2, 0.25) is 0 Å². The SMILES string of the molecule is CCCC[C@@]1(C)NC(=O)N(Cc2ncc(-c3ccccc3)o2)C1=O. The van der Waals surface area contributed by atoms with E-state index in [1.165, 1.54) is 4.90 Å². The summed E-state index contributed by atoms with van der Waals surface area (Å²) < 4.78 is 5.69. The fourth-order valence-electron chi connectivity index (χ4n) is 2.84. The lowest BCUT2D eigenvalue weighted by Gasteiger charge is -2.20. The molecule has 1 aromatic carbocycles. The van der Waals surface area contributed by atoms with Crippen LogP contribution in [0.25, 0.3) is 11.3 Å². The summed E-state index contributed by atoms with van der Waals surface area (Å²) >= 11 is 0. The van der Waals surface area contributed by atoms with Gasteiger partial charge in [0.05, 0.1) is 6.20 Å². The van der Waals surface area contributed by atoms with Crippen molar-refractivity contribution >= 4 is 11.9 Å². The molecule has 0 spiro atoms. The van der Waals surface area contributed by atoms with Crippen molar-refractivity contribution in [2.24, 2.45) is 0 Å². The molecule has 0 saturated carbocycles. The van der Waals surface area contributed by atoms with Crippen LogP contribution in [0.3, 0.4) is 0 Å². The van der Waals surface area contributed by atoms with Crippen molar-refractivity contribution in [2.75, 3.05) is 0 Å². The summed E-state index contributed by atoms with van der Waals surface area (Å²) in [5, 5.41) is 2.79. The molecule has 1 saturated heterocycles. The Kier molecular flexibility index (Phi) is 4.38. The van der Waals surface area contributed by atoms with E-state index in [1.807, 2.05) is 30.3 Å². The van der Waals surface area contributed by atoms with Crippen LogP contribution in [0.5, 0.6) is 0 Å². The topological polar surface area (TPSA) is 75.4 Å². The minimum atomic E-state index is -0.831. The van der Waals surface area contributed by atoms with Crippen molar-refractivity contribution in [3.8, 4) is 11.3 Å². The number of oxazole rings is 1. The number of nitrogens with zero attached hydrogens (tertiary/aromatic N) is 2. The standard InChI is InChI=1S/C18H21N3O3/c1-3-4-10-18(2)16(22)21(17(23)20-18)12-15-19-11-14(24-15)13-8-6-5-7-9-13/h5-9,11H,3-4,10,12H2,1-2H3,(H,20,23)/t18-/m1/s1. The number of benzene rings is 1. The van der Waals surface area contributed by atoms with Crippen LogP contribution in [-0.2, 0) is 11.3 Å². The Morgan fingerprint density at radius 3 is 2.71 bits per heavy atom. The van der Waals surface area contributed by atoms with Crippen LogP contribution in [0.4, 0.5) is 4.79 Å². The Balaban J connectivity index is 1.73. The molecule has 6 nitrogen and oxygen atoms in total. The number of carbonyl (C=O) groups excluding carboxylic acids is 2. The molecule has 1 N–H and O–H groups in total. The highest BCUT2D eigenvalue weighted by atomic mass is 16.4. The summed E-state index contributed by atoms with van der Waals surface area (Å²) in [4.78, 5) is 30.1. The largest absolute Gasteiger partial charge is 0.439 e. The van der Waals surface area contributed by atoms with Crippen LogP contribution in [-0.4, -0.2) is 27.4 Å². The monoisotopic (exact) mass is 327 g/mol. The van der Waals surface area contributed by atoms with E-state index in [0.29, 0.717) is 18.1 Å². The fraction of sp³-hybridized carbons (Fsp3) is 0.389. The molecular formula is C18H21N3O3. The van der Waals surface area contributed by atoms with Gasteiger partial charge in [-0.05, 0) is 13.3 Å². The molecule has 1 aliphatic heterocycles. The van der Waals surface area contributed by atoms with Gasteiger partial charge in [0.1, 0.15) is 12.1 Å². The second-order valence-corrected chi connectivity index (χ2v) is 6.24. The minimum Gasteiger partial charge on any atom is -0.439 e. The van der Waals surface area contributed by atoms with Crippen molar-refractivity contribution in [2.45, 2.75) is 45.2 Å². The van der Waals surface area contributed by atoms with Gasteiger partial charge in [0.2, 0.25) is 5.89 Å². The lowest BCUT2D eigenvalue weighted by Crippen LogP contribution is -2.43. The number of hydrogen-bond donors (Lipinski definition) is 1. The van der Waals surface area contributed by atoms with Crippen molar-refractivity contribution in [1.29, 1.82) is 0 Å². The third-order valence-electron chi connectivity index (χ3n) is 4.28. The molecule has 1 fully saturated rings. The first-order valence-corrected chi connectivity index (χ1v) is 8.18. The van der Waals surface area contributed by atoms with E-state index < -0.39 is 11.6 Å². The average Bonchev–Trinajstić information content (AvgIpc) is 3.13. The highest BCUT2D eigenvalue weighted by Gasteiger charge is 2.47. The number of carbonyl (C=O) groups is 2. The second kappa shape index (κ2) is 6.47. The Morgan fingerprint density at radius 1 is 1.25 bits per heavy atom. The molecule has 3 amide bonds. The van der Waals surface area contributed by atoms with E-state index >= 15 is 0 Å². The third kappa shape index (κ3) is 3.04. The van der Waals surface area contributed by atoms with Gasteiger partial charge >= 0.3 is 6.03 Å². The zero-order chi connectivity index (χ0) is 17.2. The molecule has 1 aliphatic rings. The molecule has 3 rings (SSSR count). The summed E-state index contributed by atoms with van der Waals surface area (Å²) in [6.45, 7) is 3.87. The van der Waals surface area contributed by atoms with Crippen LogP contribution in [0.15, 0.2) is 40.9 Å².